The van der Waals surface area contributed by atoms with Gasteiger partial charge in [-0.3, -0.25) is 9.79 Å². The number of H-pyrrole nitrogens is 1. The molecule has 1 aromatic heterocycles. The van der Waals surface area contributed by atoms with Crippen molar-refractivity contribution in [3.8, 4) is 0 Å². The zero-order valence-electron chi connectivity index (χ0n) is 11.1. The fourth-order valence-electron chi connectivity index (χ4n) is 2.88. The number of hydrogen-bond donors (Lipinski definition) is 1. The molecule has 2 aliphatic rings. The molecule has 1 fully saturated rings. The van der Waals surface area contributed by atoms with Gasteiger partial charge in [-0.25, -0.2) is 0 Å². The molecule has 0 atom stereocenters. The highest BCUT2D eigenvalue weighted by atomic mass is 16.5. The van der Waals surface area contributed by atoms with Crippen LogP contribution < -0.4 is 5.56 Å². The van der Waals surface area contributed by atoms with Crippen LogP contribution in [-0.2, 0) is 11.3 Å². The zero-order chi connectivity index (χ0) is 13.5. The first-order valence-electron chi connectivity index (χ1n) is 6.85. The number of rotatable bonds is 0. The van der Waals surface area contributed by atoms with E-state index < -0.39 is 0 Å². The molecule has 2 aliphatic heterocycles. The van der Waals surface area contributed by atoms with Crippen LogP contribution in [0.5, 0.6) is 0 Å². The second kappa shape index (κ2) is 4.45. The summed E-state index contributed by atoms with van der Waals surface area (Å²) in [6, 6.07) is 7.60. The summed E-state index contributed by atoms with van der Waals surface area (Å²) in [6.45, 7) is 3.99. The summed E-state index contributed by atoms with van der Waals surface area (Å²) in [5.41, 5.74) is 3.19. The second-order valence-corrected chi connectivity index (χ2v) is 5.16. The number of morpholine rings is 1. The molecule has 0 aliphatic carbocycles. The third-order valence-electron chi connectivity index (χ3n) is 3.90. The van der Waals surface area contributed by atoms with Crippen molar-refractivity contribution < 1.29 is 4.74 Å². The number of aromatic amines is 1. The van der Waals surface area contributed by atoms with Crippen molar-refractivity contribution >= 4 is 16.7 Å². The van der Waals surface area contributed by atoms with Crippen molar-refractivity contribution in [3.05, 3.63) is 45.7 Å². The number of fused-ring (bicyclic) bond motifs is 2. The summed E-state index contributed by atoms with van der Waals surface area (Å²) in [7, 11) is 0. The van der Waals surface area contributed by atoms with Gasteiger partial charge in [0.2, 0.25) is 5.56 Å². The van der Waals surface area contributed by atoms with E-state index in [0.717, 1.165) is 43.0 Å². The number of benzene rings is 1. The van der Waals surface area contributed by atoms with E-state index in [9.17, 15) is 4.79 Å². The van der Waals surface area contributed by atoms with Crippen LogP contribution in [0.25, 0.3) is 10.9 Å². The number of nitrogens with zero attached hydrogens (tertiary/aromatic N) is 2. The summed E-state index contributed by atoms with van der Waals surface area (Å²) in [5.74, 6) is 1.07. The quantitative estimate of drug-likeness (QED) is 0.779. The lowest BCUT2D eigenvalue weighted by Crippen LogP contribution is -2.40. The van der Waals surface area contributed by atoms with E-state index in [0.29, 0.717) is 6.54 Å². The summed E-state index contributed by atoms with van der Waals surface area (Å²) in [5, 5.41) is 1.05. The average Bonchev–Trinajstić information content (AvgIpc) is 2.88. The lowest BCUT2D eigenvalue weighted by molar-refractivity contribution is 0.0683. The molecule has 1 aromatic carbocycles. The third kappa shape index (κ3) is 1.82. The Morgan fingerprint density at radius 3 is 2.90 bits per heavy atom. The van der Waals surface area contributed by atoms with Crippen molar-refractivity contribution in [2.75, 3.05) is 26.3 Å². The summed E-state index contributed by atoms with van der Waals surface area (Å²) in [4.78, 5) is 21.2. The lowest BCUT2D eigenvalue weighted by atomic mass is 10.0. The van der Waals surface area contributed by atoms with Crippen LogP contribution in [0.3, 0.4) is 0 Å². The van der Waals surface area contributed by atoms with Gasteiger partial charge in [0.1, 0.15) is 5.84 Å². The fourth-order valence-corrected chi connectivity index (χ4v) is 2.88. The highest BCUT2D eigenvalue weighted by Crippen LogP contribution is 2.25. The lowest BCUT2D eigenvalue weighted by Gasteiger charge is -2.29. The van der Waals surface area contributed by atoms with Gasteiger partial charge < -0.3 is 14.6 Å². The summed E-state index contributed by atoms with van der Waals surface area (Å²) < 4.78 is 5.39. The maximum Gasteiger partial charge on any atom is 0.248 e. The minimum atomic E-state index is -0.0650. The molecule has 0 bridgehead atoms. The number of ether oxygens (including phenoxy) is 1. The van der Waals surface area contributed by atoms with E-state index in [-0.39, 0.29) is 5.56 Å². The van der Waals surface area contributed by atoms with E-state index in [1.807, 2.05) is 12.1 Å². The van der Waals surface area contributed by atoms with Crippen LogP contribution in [0, 0.1) is 0 Å². The zero-order valence-corrected chi connectivity index (χ0v) is 11.1. The molecule has 0 spiro atoms. The van der Waals surface area contributed by atoms with E-state index >= 15 is 0 Å². The predicted molar refractivity (Wildman–Crippen MR) is 77.2 cm³/mol. The molecule has 5 nitrogen and oxygen atoms in total. The molecule has 102 valence electrons. The van der Waals surface area contributed by atoms with Crippen molar-refractivity contribution in [1.29, 1.82) is 0 Å². The van der Waals surface area contributed by atoms with Crippen LogP contribution in [-0.4, -0.2) is 42.0 Å². The van der Waals surface area contributed by atoms with Crippen LogP contribution in [0.15, 0.2) is 34.1 Å². The molecule has 0 amide bonds. The van der Waals surface area contributed by atoms with Gasteiger partial charge in [-0.1, -0.05) is 0 Å². The molecule has 4 rings (SSSR count). The van der Waals surface area contributed by atoms with E-state index in [4.69, 9.17) is 4.74 Å². The Morgan fingerprint density at radius 1 is 1.20 bits per heavy atom. The molecule has 3 heterocycles. The Balaban J connectivity index is 1.79. The van der Waals surface area contributed by atoms with Crippen LogP contribution in [0.4, 0.5) is 0 Å². The second-order valence-electron chi connectivity index (χ2n) is 5.16. The molecule has 1 N–H and O–H groups in total. The smallest absolute Gasteiger partial charge is 0.248 e. The number of amidine groups is 1. The minimum Gasteiger partial charge on any atom is -0.378 e. The summed E-state index contributed by atoms with van der Waals surface area (Å²) >= 11 is 0. The van der Waals surface area contributed by atoms with Gasteiger partial charge >= 0.3 is 0 Å². The van der Waals surface area contributed by atoms with E-state index in [1.165, 1.54) is 11.1 Å². The van der Waals surface area contributed by atoms with Crippen LogP contribution in [0.2, 0.25) is 0 Å². The number of aromatic nitrogens is 1. The molecular formula is C15H15N3O2. The largest absolute Gasteiger partial charge is 0.378 e. The first-order valence-corrected chi connectivity index (χ1v) is 6.85. The Hall–Kier alpha value is -2.14. The molecule has 0 unspecified atom stereocenters. The molecule has 1 saturated heterocycles. The molecule has 0 radical (unpaired) electrons. The molecule has 2 aromatic rings. The molecule has 0 saturated carbocycles. The van der Waals surface area contributed by atoms with E-state index in [1.54, 1.807) is 6.07 Å². The Kier molecular flexibility index (Phi) is 2.60. The third-order valence-corrected chi connectivity index (χ3v) is 3.90. The first-order chi connectivity index (χ1) is 9.81. The van der Waals surface area contributed by atoms with Crippen molar-refractivity contribution in [2.24, 2.45) is 4.99 Å². The summed E-state index contributed by atoms with van der Waals surface area (Å²) in [6.07, 6.45) is 0. The van der Waals surface area contributed by atoms with Crippen LogP contribution >= 0.6 is 0 Å². The van der Waals surface area contributed by atoms with Gasteiger partial charge in [0.25, 0.3) is 0 Å². The average molecular weight is 269 g/mol. The topological polar surface area (TPSA) is 57.7 Å². The Labute approximate surface area is 115 Å². The van der Waals surface area contributed by atoms with Crippen LogP contribution in [0.1, 0.15) is 11.1 Å². The Morgan fingerprint density at radius 2 is 2.05 bits per heavy atom. The van der Waals surface area contributed by atoms with Gasteiger partial charge in [-0.2, -0.15) is 0 Å². The van der Waals surface area contributed by atoms with Gasteiger partial charge in [-0.05, 0) is 29.1 Å². The monoisotopic (exact) mass is 269 g/mol. The van der Waals surface area contributed by atoms with Crippen molar-refractivity contribution in [2.45, 2.75) is 6.54 Å². The van der Waals surface area contributed by atoms with Gasteiger partial charge in [-0.15, -0.1) is 0 Å². The number of pyridine rings is 1. The highest BCUT2D eigenvalue weighted by Gasteiger charge is 2.23. The van der Waals surface area contributed by atoms with Gasteiger partial charge in [0, 0.05) is 30.2 Å². The van der Waals surface area contributed by atoms with Gasteiger partial charge in [0.15, 0.2) is 0 Å². The molecular weight excluding hydrogens is 254 g/mol. The maximum atomic E-state index is 11.4. The fraction of sp³-hybridized carbons (Fsp3) is 0.333. The number of aliphatic imine (C=N–C) groups is 1. The minimum absolute atomic E-state index is 0.0650. The predicted octanol–water partition coefficient (Wildman–Crippen LogP) is 1.12. The highest BCUT2D eigenvalue weighted by molar-refractivity contribution is 6.04. The van der Waals surface area contributed by atoms with Gasteiger partial charge in [0.05, 0.1) is 19.8 Å². The Bertz CT molecular complexity index is 757. The maximum absolute atomic E-state index is 11.4. The number of nitrogens with one attached hydrogen (secondary N) is 1. The van der Waals surface area contributed by atoms with E-state index in [2.05, 4.69) is 20.9 Å². The van der Waals surface area contributed by atoms with Crippen molar-refractivity contribution in [3.63, 3.8) is 0 Å². The molecule has 5 heteroatoms. The molecule has 20 heavy (non-hydrogen) atoms. The normalized spacial score (nSPS) is 18.2. The first kappa shape index (κ1) is 11.7. The van der Waals surface area contributed by atoms with Crippen molar-refractivity contribution in [1.82, 2.24) is 9.88 Å². The number of hydrogen-bond acceptors (Lipinski definition) is 4. The standard InChI is InChI=1S/C15H15N3O2/c19-14-2-1-10-7-12-11(8-13(10)17-14)9-16-15(12)18-3-5-20-6-4-18/h1-2,7-8H,3-6,9H2,(H,17,19). The SMILES string of the molecule is O=c1ccc2cc3c(cc2[nH]1)CN=C3N1CCOCC1.